The molecule has 0 radical (unpaired) electrons. The number of amides is 1. The molecular weight excluding hydrogens is 334 g/mol. The van der Waals surface area contributed by atoms with Crippen LogP contribution in [0.15, 0.2) is 60.9 Å². The first-order valence-corrected chi connectivity index (χ1v) is 8.69. The lowest BCUT2D eigenvalue weighted by molar-refractivity contribution is -0.116. The van der Waals surface area contributed by atoms with Crippen molar-refractivity contribution in [3.63, 3.8) is 0 Å². The summed E-state index contributed by atoms with van der Waals surface area (Å²) in [5, 5.41) is 11.4. The van der Waals surface area contributed by atoms with Crippen molar-refractivity contribution in [3.05, 3.63) is 60.9 Å². The minimum Gasteiger partial charge on any atom is -0.326 e. The van der Waals surface area contributed by atoms with Gasteiger partial charge in [-0.3, -0.25) is 9.48 Å². The average molecular weight is 349 g/mol. The highest BCUT2D eigenvalue weighted by Crippen LogP contribution is 2.30. The number of rotatable bonds is 5. The Morgan fingerprint density at radius 3 is 2.72 bits per heavy atom. The monoisotopic (exact) mass is 349 g/mol. The number of carbonyl (C=O) groups excluding carboxylic acids is 1. The molecule has 6 nitrogen and oxygen atoms in total. The van der Waals surface area contributed by atoms with Crippen LogP contribution in [0.1, 0.15) is 6.42 Å². The van der Waals surface area contributed by atoms with E-state index in [1.54, 1.807) is 28.4 Å². The quantitative estimate of drug-likeness (QED) is 0.598. The molecule has 0 bridgehead atoms. The van der Waals surface area contributed by atoms with Crippen molar-refractivity contribution in [2.24, 2.45) is 0 Å². The van der Waals surface area contributed by atoms with Gasteiger partial charge in [0.2, 0.25) is 5.91 Å². The van der Waals surface area contributed by atoms with Crippen LogP contribution in [0.2, 0.25) is 0 Å². The molecule has 0 saturated heterocycles. The van der Waals surface area contributed by atoms with E-state index < -0.39 is 0 Å². The first kappa shape index (κ1) is 15.5. The van der Waals surface area contributed by atoms with E-state index in [1.165, 1.54) is 4.70 Å². The largest absolute Gasteiger partial charge is 0.326 e. The van der Waals surface area contributed by atoms with Crippen molar-refractivity contribution in [2.45, 2.75) is 13.0 Å². The predicted octanol–water partition coefficient (Wildman–Crippen LogP) is 3.58. The molecule has 2 heterocycles. The normalized spacial score (nSPS) is 10.9. The summed E-state index contributed by atoms with van der Waals surface area (Å²) < 4.78 is 2.80. The van der Waals surface area contributed by atoms with Crippen molar-refractivity contribution in [1.29, 1.82) is 0 Å². The highest BCUT2D eigenvalue weighted by atomic mass is 32.1. The summed E-state index contributed by atoms with van der Waals surface area (Å²) in [6.07, 6.45) is 3.68. The van der Waals surface area contributed by atoms with Gasteiger partial charge in [-0.1, -0.05) is 17.3 Å². The van der Waals surface area contributed by atoms with E-state index in [2.05, 4.69) is 26.7 Å². The number of thiazole rings is 1. The van der Waals surface area contributed by atoms with Crippen molar-refractivity contribution in [1.82, 2.24) is 20.0 Å². The van der Waals surface area contributed by atoms with Crippen LogP contribution in [-0.2, 0) is 11.3 Å². The molecule has 4 rings (SSSR count). The van der Waals surface area contributed by atoms with E-state index in [-0.39, 0.29) is 5.91 Å². The highest BCUT2D eigenvalue weighted by Gasteiger charge is 2.07. The lowest BCUT2D eigenvalue weighted by Crippen LogP contribution is -2.14. The summed E-state index contributed by atoms with van der Waals surface area (Å²) in [7, 11) is 0. The standard InChI is InChI=1S/C18H15N5OS/c24-17(9-11-23-12-10-19-22-23)20-14-7-5-13(6-8-14)18-21-15-3-1-2-4-16(15)25-18/h1-8,10,12H,9,11H2,(H,20,24). The van der Waals surface area contributed by atoms with Crippen LogP contribution in [0.25, 0.3) is 20.8 Å². The Bertz CT molecular complexity index is 959. The molecule has 0 saturated carbocycles. The fourth-order valence-electron chi connectivity index (χ4n) is 2.48. The van der Waals surface area contributed by atoms with Gasteiger partial charge in [0.15, 0.2) is 0 Å². The van der Waals surface area contributed by atoms with Gasteiger partial charge in [0.1, 0.15) is 5.01 Å². The van der Waals surface area contributed by atoms with Crippen LogP contribution in [0.5, 0.6) is 0 Å². The molecule has 1 amide bonds. The van der Waals surface area contributed by atoms with E-state index in [0.29, 0.717) is 13.0 Å². The SMILES string of the molecule is O=C(CCn1ccnn1)Nc1ccc(-c2nc3ccccc3s2)cc1. The number of aromatic nitrogens is 4. The van der Waals surface area contributed by atoms with Crippen molar-refractivity contribution < 1.29 is 4.79 Å². The van der Waals surface area contributed by atoms with Crippen molar-refractivity contribution >= 4 is 33.1 Å². The number of benzene rings is 2. The minimum absolute atomic E-state index is 0.0526. The number of aryl methyl sites for hydroxylation is 1. The third-order valence-electron chi connectivity index (χ3n) is 3.75. The maximum absolute atomic E-state index is 12.0. The van der Waals surface area contributed by atoms with Gasteiger partial charge in [0.25, 0.3) is 0 Å². The first-order valence-electron chi connectivity index (χ1n) is 7.88. The number of hydrogen-bond acceptors (Lipinski definition) is 5. The molecule has 0 aliphatic heterocycles. The second-order valence-corrected chi connectivity index (χ2v) is 6.56. The van der Waals surface area contributed by atoms with E-state index in [0.717, 1.165) is 21.8 Å². The lowest BCUT2D eigenvalue weighted by atomic mass is 10.2. The Kier molecular flexibility index (Phi) is 4.22. The fourth-order valence-corrected chi connectivity index (χ4v) is 3.45. The topological polar surface area (TPSA) is 72.7 Å². The molecule has 0 aliphatic carbocycles. The maximum atomic E-state index is 12.0. The van der Waals surface area contributed by atoms with E-state index >= 15 is 0 Å². The van der Waals surface area contributed by atoms with Crippen LogP contribution in [-0.4, -0.2) is 25.9 Å². The second-order valence-electron chi connectivity index (χ2n) is 5.53. The summed E-state index contributed by atoms with van der Waals surface area (Å²) in [6, 6.07) is 15.8. The Hall–Kier alpha value is -3.06. The summed E-state index contributed by atoms with van der Waals surface area (Å²) in [6.45, 7) is 0.510. The maximum Gasteiger partial charge on any atom is 0.226 e. The van der Waals surface area contributed by atoms with Crippen molar-refractivity contribution in [2.75, 3.05) is 5.32 Å². The summed E-state index contributed by atoms with van der Waals surface area (Å²) >= 11 is 1.66. The lowest BCUT2D eigenvalue weighted by Gasteiger charge is -2.06. The zero-order valence-corrected chi connectivity index (χ0v) is 14.1. The smallest absolute Gasteiger partial charge is 0.226 e. The van der Waals surface area contributed by atoms with Gasteiger partial charge in [0.05, 0.1) is 23.0 Å². The molecule has 124 valence electrons. The molecule has 2 aromatic carbocycles. The molecular formula is C18H15N5OS. The number of nitrogens with one attached hydrogen (secondary N) is 1. The Morgan fingerprint density at radius 1 is 1.12 bits per heavy atom. The second kappa shape index (κ2) is 6.82. The number of carbonyl (C=O) groups is 1. The molecule has 1 N–H and O–H groups in total. The Labute approximate surface area is 148 Å². The molecule has 0 fully saturated rings. The summed E-state index contributed by atoms with van der Waals surface area (Å²) in [5.41, 5.74) is 2.82. The van der Waals surface area contributed by atoms with Crippen LogP contribution in [0, 0.1) is 0 Å². The van der Waals surface area contributed by atoms with E-state index in [9.17, 15) is 4.79 Å². The van der Waals surface area contributed by atoms with Gasteiger partial charge in [-0.15, -0.1) is 16.4 Å². The zero-order valence-electron chi connectivity index (χ0n) is 13.3. The van der Waals surface area contributed by atoms with Gasteiger partial charge in [0, 0.05) is 23.9 Å². The molecule has 4 aromatic rings. The third kappa shape index (κ3) is 3.56. The Morgan fingerprint density at radius 2 is 1.96 bits per heavy atom. The molecule has 7 heteroatoms. The predicted molar refractivity (Wildman–Crippen MR) is 98.3 cm³/mol. The molecule has 0 spiro atoms. The molecule has 0 aliphatic rings. The number of fused-ring (bicyclic) bond motifs is 1. The van der Waals surface area contributed by atoms with Crippen molar-refractivity contribution in [3.8, 4) is 10.6 Å². The van der Waals surface area contributed by atoms with E-state index in [1.807, 2.05) is 42.5 Å². The van der Waals surface area contributed by atoms with Gasteiger partial charge >= 0.3 is 0 Å². The number of anilines is 1. The van der Waals surface area contributed by atoms with Gasteiger partial charge < -0.3 is 5.32 Å². The molecule has 2 aromatic heterocycles. The van der Waals surface area contributed by atoms with Gasteiger partial charge in [-0.2, -0.15) is 0 Å². The Balaban J connectivity index is 1.42. The molecule has 0 unspecified atom stereocenters. The third-order valence-corrected chi connectivity index (χ3v) is 4.83. The van der Waals surface area contributed by atoms with Crippen LogP contribution in [0.4, 0.5) is 5.69 Å². The summed E-state index contributed by atoms with van der Waals surface area (Å²) in [4.78, 5) is 16.6. The van der Waals surface area contributed by atoms with Crippen LogP contribution < -0.4 is 5.32 Å². The van der Waals surface area contributed by atoms with Crippen LogP contribution >= 0.6 is 11.3 Å². The molecule has 0 atom stereocenters. The number of nitrogens with zero attached hydrogens (tertiary/aromatic N) is 4. The highest BCUT2D eigenvalue weighted by molar-refractivity contribution is 7.21. The first-order chi connectivity index (χ1) is 12.3. The minimum atomic E-state index is -0.0526. The van der Waals surface area contributed by atoms with Gasteiger partial charge in [-0.25, -0.2) is 4.98 Å². The number of hydrogen-bond donors (Lipinski definition) is 1. The summed E-state index contributed by atoms with van der Waals surface area (Å²) in [5.74, 6) is -0.0526. The van der Waals surface area contributed by atoms with Gasteiger partial charge in [-0.05, 0) is 36.4 Å². The average Bonchev–Trinajstić information content (AvgIpc) is 3.30. The van der Waals surface area contributed by atoms with E-state index in [4.69, 9.17) is 0 Å². The number of para-hydroxylation sites is 1. The zero-order chi connectivity index (χ0) is 17.1. The van der Waals surface area contributed by atoms with Crippen LogP contribution in [0.3, 0.4) is 0 Å². The fraction of sp³-hybridized carbons (Fsp3) is 0.111. The molecule has 25 heavy (non-hydrogen) atoms.